The predicted molar refractivity (Wildman–Crippen MR) is 165 cm³/mol. The summed E-state index contributed by atoms with van der Waals surface area (Å²) >= 11 is 1.24. The Balaban J connectivity index is 1.45. The monoisotopic (exact) mass is 628 g/mol. The van der Waals surface area contributed by atoms with E-state index in [2.05, 4.69) is 9.88 Å². The summed E-state index contributed by atoms with van der Waals surface area (Å²) in [6, 6.07) is 19.5. The van der Waals surface area contributed by atoms with Gasteiger partial charge in [-0.05, 0) is 61.5 Å². The number of fused-ring (bicyclic) bond motifs is 1. The predicted octanol–water partition coefficient (Wildman–Crippen LogP) is 3.89. The molecule has 5 rings (SSSR count). The van der Waals surface area contributed by atoms with Gasteiger partial charge in [-0.15, -0.1) is 0 Å². The smallest absolute Gasteiger partial charge is 0.264 e. The van der Waals surface area contributed by atoms with Crippen molar-refractivity contribution in [2.75, 3.05) is 61.4 Å². The summed E-state index contributed by atoms with van der Waals surface area (Å²) in [5.41, 5.74) is 1.47. The molecule has 0 radical (unpaired) electrons. The van der Waals surface area contributed by atoms with Crippen molar-refractivity contribution in [2.24, 2.45) is 0 Å². The van der Waals surface area contributed by atoms with Gasteiger partial charge >= 0.3 is 0 Å². The first-order valence-electron chi connectivity index (χ1n) is 13.5. The third kappa shape index (κ3) is 6.50. The number of sulfone groups is 1. The zero-order chi connectivity index (χ0) is 29.9. The first-order valence-corrected chi connectivity index (χ1v) is 17.6. The molecule has 0 spiro atoms. The number of hydrogen-bond acceptors (Lipinski definition) is 9. The Labute approximate surface area is 250 Å². The summed E-state index contributed by atoms with van der Waals surface area (Å²) in [5.74, 6) is -0.329. The van der Waals surface area contributed by atoms with Crippen molar-refractivity contribution in [3.05, 3.63) is 78.4 Å². The van der Waals surface area contributed by atoms with E-state index in [9.17, 15) is 21.6 Å². The number of carbonyl (C=O) groups excluding carboxylic acids is 1. The molecule has 0 unspecified atom stereocenters. The van der Waals surface area contributed by atoms with Gasteiger partial charge in [-0.1, -0.05) is 29.5 Å². The Morgan fingerprint density at radius 2 is 1.62 bits per heavy atom. The molecule has 0 N–H and O–H groups in total. The highest BCUT2D eigenvalue weighted by molar-refractivity contribution is 7.92. The molecule has 1 amide bonds. The number of rotatable bonds is 10. The molecular weight excluding hydrogens is 597 g/mol. The molecular formula is C29H32N4O6S3. The number of sulfonamides is 1. The van der Waals surface area contributed by atoms with Crippen LogP contribution in [0.5, 0.6) is 0 Å². The van der Waals surface area contributed by atoms with Gasteiger partial charge in [0.25, 0.3) is 15.9 Å². The summed E-state index contributed by atoms with van der Waals surface area (Å²) in [4.78, 5) is 22.6. The summed E-state index contributed by atoms with van der Waals surface area (Å²) in [6.45, 7) is 5.70. The van der Waals surface area contributed by atoms with Crippen LogP contribution in [0.3, 0.4) is 0 Å². The topological polar surface area (TPSA) is 117 Å². The van der Waals surface area contributed by atoms with Crippen LogP contribution in [0.1, 0.15) is 17.3 Å². The van der Waals surface area contributed by atoms with Gasteiger partial charge in [-0.3, -0.25) is 18.9 Å². The van der Waals surface area contributed by atoms with Crippen molar-refractivity contribution in [1.82, 2.24) is 9.88 Å². The van der Waals surface area contributed by atoms with E-state index in [1.54, 1.807) is 48.2 Å². The first kappa shape index (κ1) is 30.1. The number of ether oxygens (including phenoxy) is 1. The number of anilines is 2. The minimum absolute atomic E-state index is 0.0814. The molecule has 3 aromatic carbocycles. The van der Waals surface area contributed by atoms with Crippen LogP contribution in [-0.4, -0.2) is 84.8 Å². The maximum Gasteiger partial charge on any atom is 0.264 e. The summed E-state index contributed by atoms with van der Waals surface area (Å²) in [5, 5.41) is 0.437. The Kier molecular flexibility index (Phi) is 8.94. The zero-order valence-electron chi connectivity index (χ0n) is 23.3. The molecule has 2 heterocycles. The lowest BCUT2D eigenvalue weighted by molar-refractivity contribution is 0.0391. The number of aromatic nitrogens is 1. The van der Waals surface area contributed by atoms with Crippen LogP contribution < -0.4 is 9.21 Å². The Bertz CT molecular complexity index is 1770. The molecule has 1 saturated heterocycles. The van der Waals surface area contributed by atoms with Crippen LogP contribution in [0, 0.1) is 0 Å². The molecule has 0 saturated carbocycles. The van der Waals surface area contributed by atoms with Gasteiger partial charge in [0, 0.05) is 44.5 Å². The summed E-state index contributed by atoms with van der Waals surface area (Å²) in [6.07, 6.45) is 1.15. The fourth-order valence-electron chi connectivity index (χ4n) is 4.73. The molecule has 1 fully saturated rings. The molecule has 0 bridgehead atoms. The van der Waals surface area contributed by atoms with Crippen molar-refractivity contribution in [1.29, 1.82) is 0 Å². The molecule has 0 atom stereocenters. The highest BCUT2D eigenvalue weighted by Crippen LogP contribution is 2.32. The molecule has 1 aromatic heterocycles. The van der Waals surface area contributed by atoms with E-state index in [0.717, 1.165) is 19.3 Å². The number of morpholine rings is 1. The molecule has 1 aliphatic rings. The minimum atomic E-state index is -3.85. The fraction of sp³-hybridized carbons (Fsp3) is 0.310. The van der Waals surface area contributed by atoms with Crippen molar-refractivity contribution in [3.63, 3.8) is 0 Å². The molecule has 222 valence electrons. The minimum Gasteiger partial charge on any atom is -0.379 e. The second-order valence-corrected chi connectivity index (χ2v) is 14.7. The third-order valence-electron chi connectivity index (χ3n) is 7.02. The summed E-state index contributed by atoms with van der Waals surface area (Å²) in [7, 11) is -7.25. The normalized spacial score (nSPS) is 14.6. The van der Waals surface area contributed by atoms with Gasteiger partial charge < -0.3 is 4.74 Å². The van der Waals surface area contributed by atoms with Crippen molar-refractivity contribution in [2.45, 2.75) is 16.7 Å². The van der Waals surface area contributed by atoms with E-state index in [0.29, 0.717) is 52.9 Å². The average molecular weight is 629 g/mol. The molecule has 4 aromatic rings. The van der Waals surface area contributed by atoms with Gasteiger partial charge in [0.2, 0.25) is 0 Å². The number of para-hydroxylation sites is 1. The van der Waals surface area contributed by atoms with Gasteiger partial charge in [-0.2, -0.15) is 0 Å². The lowest BCUT2D eigenvalue weighted by atomic mass is 10.2. The number of nitrogens with zero attached hydrogens (tertiary/aromatic N) is 4. The maximum absolute atomic E-state index is 13.9. The number of amides is 1. The van der Waals surface area contributed by atoms with Crippen LogP contribution >= 0.6 is 11.3 Å². The second kappa shape index (κ2) is 12.5. The van der Waals surface area contributed by atoms with E-state index < -0.39 is 19.9 Å². The Morgan fingerprint density at radius 3 is 2.26 bits per heavy atom. The SMILES string of the molecule is CCN(c1ccccc1)S(=O)(=O)c1ccc(C(=O)N(CCN2CCOCC2)c2nc3ccc(S(C)(=O)=O)cc3s2)cc1. The number of carbonyl (C=O) groups is 1. The maximum atomic E-state index is 13.9. The van der Waals surface area contributed by atoms with Crippen LogP contribution in [0.2, 0.25) is 0 Å². The van der Waals surface area contributed by atoms with E-state index in [-0.39, 0.29) is 22.2 Å². The number of thiazole rings is 1. The van der Waals surface area contributed by atoms with E-state index in [4.69, 9.17) is 4.74 Å². The van der Waals surface area contributed by atoms with Gasteiger partial charge in [-0.25, -0.2) is 21.8 Å². The highest BCUT2D eigenvalue weighted by Gasteiger charge is 2.26. The quantitative estimate of drug-likeness (QED) is 0.260. The van der Waals surface area contributed by atoms with Crippen LogP contribution in [0.25, 0.3) is 10.2 Å². The molecule has 0 aliphatic carbocycles. The lowest BCUT2D eigenvalue weighted by Gasteiger charge is -2.29. The average Bonchev–Trinajstić information content (AvgIpc) is 3.41. The Morgan fingerprint density at radius 1 is 0.952 bits per heavy atom. The molecule has 13 heteroatoms. The van der Waals surface area contributed by atoms with E-state index >= 15 is 0 Å². The van der Waals surface area contributed by atoms with E-state index in [1.807, 2.05) is 6.07 Å². The van der Waals surface area contributed by atoms with Gasteiger partial charge in [0.1, 0.15) is 0 Å². The zero-order valence-corrected chi connectivity index (χ0v) is 25.8. The first-order chi connectivity index (χ1) is 20.1. The highest BCUT2D eigenvalue weighted by atomic mass is 32.2. The fourth-order valence-corrected chi connectivity index (χ4v) is 7.95. The molecule has 42 heavy (non-hydrogen) atoms. The number of benzene rings is 3. The van der Waals surface area contributed by atoms with Gasteiger partial charge in [0.05, 0.1) is 38.9 Å². The number of hydrogen-bond donors (Lipinski definition) is 0. The third-order valence-corrected chi connectivity index (χ3v) is 11.1. The van der Waals surface area contributed by atoms with Crippen LogP contribution in [-0.2, 0) is 24.6 Å². The largest absolute Gasteiger partial charge is 0.379 e. The molecule has 10 nitrogen and oxygen atoms in total. The summed E-state index contributed by atoms with van der Waals surface area (Å²) < 4.78 is 58.5. The van der Waals surface area contributed by atoms with E-state index in [1.165, 1.54) is 46.0 Å². The van der Waals surface area contributed by atoms with Gasteiger partial charge in [0.15, 0.2) is 15.0 Å². The molecule has 1 aliphatic heterocycles. The van der Waals surface area contributed by atoms with Crippen LogP contribution in [0.15, 0.2) is 82.6 Å². The Hall–Kier alpha value is -3.36. The lowest BCUT2D eigenvalue weighted by Crippen LogP contribution is -2.43. The van der Waals surface area contributed by atoms with Crippen molar-refractivity contribution < 1.29 is 26.4 Å². The van der Waals surface area contributed by atoms with Crippen molar-refractivity contribution in [3.8, 4) is 0 Å². The van der Waals surface area contributed by atoms with Crippen molar-refractivity contribution >= 4 is 58.1 Å². The standard InChI is InChI=1S/C29H32N4O6S3/c1-3-33(23-7-5-4-6-8-23)42(37,38)24-11-9-22(10-12-24)28(34)32(16-15-31-17-19-39-20-18-31)29-30-26-14-13-25(41(2,35)36)21-27(26)40-29/h4-14,21H,3,15-20H2,1-2H3. The van der Waals surface area contributed by atoms with Crippen LogP contribution in [0.4, 0.5) is 10.8 Å². The second-order valence-electron chi connectivity index (χ2n) is 9.84.